The Morgan fingerprint density at radius 1 is 0.522 bits per heavy atom. The Hall–Kier alpha value is -1.79. The Morgan fingerprint density at radius 3 is 1.52 bits per heavy atom. The number of aliphatic hydroxyl groups excluding tert-OH is 8. The molecule has 12 unspecified atom stereocenters. The van der Waals surface area contributed by atoms with Gasteiger partial charge in [0, 0.05) is 6.42 Å². The van der Waals surface area contributed by atoms with Crippen LogP contribution in [0.25, 0.3) is 0 Å². The van der Waals surface area contributed by atoms with Crippen LogP contribution >= 0.6 is 0 Å². The van der Waals surface area contributed by atoms with Gasteiger partial charge in [-0.25, -0.2) is 0 Å². The molecule has 12 atom stereocenters. The highest BCUT2D eigenvalue weighted by Gasteiger charge is 2.51. The molecule has 14 heteroatoms. The molecule has 9 N–H and O–H groups in total. The molecule has 1 amide bonds. The minimum Gasteiger partial charge on any atom is -0.394 e. The van der Waals surface area contributed by atoms with E-state index in [0.717, 1.165) is 57.8 Å². The standard InChI is InChI=1S/C53H97NO13/c1-3-5-7-9-11-13-15-16-17-18-19-20-21-22-23-24-25-26-27-28-30-32-34-36-42(57)41(54-45(58)37-35-33-31-29-14-12-10-8-6-4-2)40-64-52-50(63)48(61)51(44(39-56)66-52)67-53-49(62)47(60)46(59)43(38-55)65-53/h8,10,27-28,34,36,41-44,46-53,55-57,59-63H,3-7,9,11-26,29-33,35,37-40H2,1-2H3,(H,54,58)/b10-8-,28-27+,36-34+. The van der Waals surface area contributed by atoms with Gasteiger partial charge in [-0.2, -0.15) is 0 Å². The Balaban J connectivity index is 1.79. The van der Waals surface area contributed by atoms with Crippen molar-refractivity contribution in [3.8, 4) is 0 Å². The van der Waals surface area contributed by atoms with E-state index in [-0.39, 0.29) is 18.9 Å². The van der Waals surface area contributed by atoms with E-state index in [9.17, 15) is 45.6 Å². The van der Waals surface area contributed by atoms with Gasteiger partial charge in [-0.3, -0.25) is 4.79 Å². The molecule has 0 aromatic carbocycles. The zero-order valence-electron chi connectivity index (χ0n) is 41.6. The summed E-state index contributed by atoms with van der Waals surface area (Å²) >= 11 is 0. The number of aliphatic hydroxyl groups is 8. The molecule has 0 saturated carbocycles. The maximum atomic E-state index is 13.1. The van der Waals surface area contributed by atoms with Crippen molar-refractivity contribution in [1.82, 2.24) is 5.32 Å². The van der Waals surface area contributed by atoms with Crippen LogP contribution in [0, 0.1) is 0 Å². The second kappa shape index (κ2) is 39.9. The first-order chi connectivity index (χ1) is 32.6. The van der Waals surface area contributed by atoms with Gasteiger partial charge in [-0.05, 0) is 51.4 Å². The second-order valence-electron chi connectivity index (χ2n) is 19.0. The summed E-state index contributed by atoms with van der Waals surface area (Å²) in [7, 11) is 0. The van der Waals surface area contributed by atoms with Crippen molar-refractivity contribution in [2.24, 2.45) is 0 Å². The predicted molar refractivity (Wildman–Crippen MR) is 263 cm³/mol. The number of carbonyl (C=O) groups excluding carboxylic acids is 1. The van der Waals surface area contributed by atoms with E-state index < -0.39 is 86.8 Å². The third-order valence-corrected chi connectivity index (χ3v) is 13.0. The lowest BCUT2D eigenvalue weighted by molar-refractivity contribution is -0.359. The lowest BCUT2D eigenvalue weighted by Gasteiger charge is -2.46. The molecule has 392 valence electrons. The van der Waals surface area contributed by atoms with Crippen molar-refractivity contribution in [1.29, 1.82) is 0 Å². The molecule has 2 rings (SSSR count). The van der Waals surface area contributed by atoms with Gasteiger partial charge in [0.05, 0.1) is 32.0 Å². The third kappa shape index (κ3) is 26.8. The van der Waals surface area contributed by atoms with E-state index in [0.29, 0.717) is 12.8 Å². The lowest BCUT2D eigenvalue weighted by Crippen LogP contribution is -2.65. The lowest BCUT2D eigenvalue weighted by atomic mass is 9.97. The van der Waals surface area contributed by atoms with Crippen LogP contribution in [0.3, 0.4) is 0 Å². The highest BCUT2D eigenvalue weighted by Crippen LogP contribution is 2.30. The minimum absolute atomic E-state index is 0.262. The zero-order valence-corrected chi connectivity index (χ0v) is 41.6. The SMILES string of the molecule is CCC/C=C\CCCCCCCC(=O)NC(COC1OC(CO)C(OC2OC(CO)C(O)C(O)C2O)C(O)C1O)C(O)/C=C/CC/C=C/CCCCCCCCCCCCCCCCCCC. The summed E-state index contributed by atoms with van der Waals surface area (Å²) < 4.78 is 22.7. The molecule has 2 fully saturated rings. The van der Waals surface area contributed by atoms with Crippen molar-refractivity contribution < 1.29 is 64.6 Å². The van der Waals surface area contributed by atoms with Gasteiger partial charge in [-0.1, -0.05) is 179 Å². The van der Waals surface area contributed by atoms with E-state index in [1.54, 1.807) is 6.08 Å². The molecular formula is C53H97NO13. The van der Waals surface area contributed by atoms with Gasteiger partial charge in [0.2, 0.25) is 5.91 Å². The minimum atomic E-state index is -1.79. The number of allylic oxidation sites excluding steroid dienone is 5. The summed E-state index contributed by atoms with van der Waals surface area (Å²) in [5.74, 6) is -0.262. The Morgan fingerprint density at radius 2 is 0.985 bits per heavy atom. The quantitative estimate of drug-likeness (QED) is 0.0214. The Kier molecular flexibility index (Phi) is 36.5. The number of carbonyl (C=O) groups is 1. The molecular weight excluding hydrogens is 859 g/mol. The number of hydrogen-bond acceptors (Lipinski definition) is 13. The molecule has 0 bridgehead atoms. The average Bonchev–Trinajstić information content (AvgIpc) is 3.32. The van der Waals surface area contributed by atoms with Gasteiger partial charge < -0.3 is 65.1 Å². The van der Waals surface area contributed by atoms with E-state index in [2.05, 4.69) is 43.5 Å². The molecule has 0 radical (unpaired) electrons. The van der Waals surface area contributed by atoms with Crippen LogP contribution in [0.2, 0.25) is 0 Å². The fraction of sp³-hybridized carbons (Fsp3) is 0.868. The molecule has 2 saturated heterocycles. The van der Waals surface area contributed by atoms with Crippen molar-refractivity contribution in [2.45, 2.75) is 274 Å². The summed E-state index contributed by atoms with van der Waals surface area (Å²) in [6.07, 6.45) is 29.2. The number of ether oxygens (including phenoxy) is 4. The summed E-state index contributed by atoms with van der Waals surface area (Å²) in [4.78, 5) is 13.1. The smallest absolute Gasteiger partial charge is 0.220 e. The van der Waals surface area contributed by atoms with Gasteiger partial charge >= 0.3 is 0 Å². The molecule has 0 spiro atoms. The summed E-state index contributed by atoms with van der Waals surface area (Å²) in [5.41, 5.74) is 0. The van der Waals surface area contributed by atoms with Crippen LogP contribution in [0.5, 0.6) is 0 Å². The maximum absolute atomic E-state index is 13.1. The van der Waals surface area contributed by atoms with Crippen LogP contribution in [0.4, 0.5) is 0 Å². The number of rotatable bonds is 41. The average molecular weight is 956 g/mol. The Labute approximate surface area is 404 Å². The molecule has 0 aromatic rings. The highest BCUT2D eigenvalue weighted by molar-refractivity contribution is 5.76. The van der Waals surface area contributed by atoms with Crippen molar-refractivity contribution in [3.63, 3.8) is 0 Å². The first-order valence-electron chi connectivity index (χ1n) is 26.7. The molecule has 67 heavy (non-hydrogen) atoms. The number of hydrogen-bond donors (Lipinski definition) is 9. The fourth-order valence-electron chi connectivity index (χ4n) is 8.66. The number of amides is 1. The molecule has 0 aliphatic carbocycles. The third-order valence-electron chi connectivity index (χ3n) is 13.0. The van der Waals surface area contributed by atoms with Crippen molar-refractivity contribution in [2.75, 3.05) is 19.8 Å². The van der Waals surface area contributed by atoms with Gasteiger partial charge in [0.1, 0.15) is 48.8 Å². The molecule has 0 aromatic heterocycles. The largest absolute Gasteiger partial charge is 0.394 e. The summed E-state index contributed by atoms with van der Waals surface area (Å²) in [6, 6.07) is -0.933. The van der Waals surface area contributed by atoms with Crippen LogP contribution in [-0.4, -0.2) is 140 Å². The molecule has 14 nitrogen and oxygen atoms in total. The second-order valence-corrected chi connectivity index (χ2v) is 19.0. The van der Waals surface area contributed by atoms with Gasteiger partial charge in [-0.15, -0.1) is 0 Å². The molecule has 2 aliphatic rings. The van der Waals surface area contributed by atoms with Crippen LogP contribution < -0.4 is 5.32 Å². The van der Waals surface area contributed by atoms with Crippen molar-refractivity contribution in [3.05, 3.63) is 36.5 Å². The van der Waals surface area contributed by atoms with Gasteiger partial charge in [0.25, 0.3) is 0 Å². The highest BCUT2D eigenvalue weighted by atomic mass is 16.7. The molecule has 2 heterocycles. The van der Waals surface area contributed by atoms with E-state index in [1.807, 2.05) is 6.08 Å². The predicted octanol–water partition coefficient (Wildman–Crippen LogP) is 7.49. The fourth-order valence-corrected chi connectivity index (χ4v) is 8.66. The van der Waals surface area contributed by atoms with Crippen molar-refractivity contribution >= 4 is 5.91 Å². The normalized spacial score (nSPS) is 26.8. The van der Waals surface area contributed by atoms with E-state index in [1.165, 1.54) is 109 Å². The molecule has 2 aliphatic heterocycles. The zero-order chi connectivity index (χ0) is 48.9. The van der Waals surface area contributed by atoms with Gasteiger partial charge in [0.15, 0.2) is 12.6 Å². The van der Waals surface area contributed by atoms with Crippen LogP contribution in [0.1, 0.15) is 200 Å². The van der Waals surface area contributed by atoms with E-state index in [4.69, 9.17) is 18.9 Å². The van der Waals surface area contributed by atoms with Crippen LogP contribution in [-0.2, 0) is 23.7 Å². The monoisotopic (exact) mass is 956 g/mol. The number of nitrogens with one attached hydrogen (secondary N) is 1. The van der Waals surface area contributed by atoms with E-state index >= 15 is 0 Å². The first-order valence-corrected chi connectivity index (χ1v) is 26.7. The summed E-state index contributed by atoms with van der Waals surface area (Å²) in [5, 5.41) is 86.7. The Bertz CT molecular complexity index is 1270. The topological polar surface area (TPSA) is 228 Å². The van der Waals surface area contributed by atoms with Crippen LogP contribution in [0.15, 0.2) is 36.5 Å². The maximum Gasteiger partial charge on any atom is 0.220 e. The summed E-state index contributed by atoms with van der Waals surface area (Å²) in [6.45, 7) is 2.70. The first kappa shape index (κ1) is 61.3. The number of unbranched alkanes of at least 4 members (excludes halogenated alkanes) is 24.